The lowest BCUT2D eigenvalue weighted by atomic mass is 10.0. The van der Waals surface area contributed by atoms with E-state index in [1.807, 2.05) is 0 Å². The number of ether oxygens (including phenoxy) is 2. The van der Waals surface area contributed by atoms with Crippen LogP contribution in [-0.2, 0) is 0 Å². The largest absolute Gasteiger partial charge is 0.497 e. The number of methoxy groups -OCH3 is 2. The van der Waals surface area contributed by atoms with E-state index >= 15 is 0 Å². The smallest absolute Gasteiger partial charge is 0.131 e. The van der Waals surface area contributed by atoms with Gasteiger partial charge >= 0.3 is 0 Å². The fourth-order valence-corrected chi connectivity index (χ4v) is 2.59. The third-order valence-corrected chi connectivity index (χ3v) is 3.95. The highest BCUT2D eigenvalue weighted by molar-refractivity contribution is 9.09. The van der Waals surface area contributed by atoms with Crippen LogP contribution in [0.4, 0.5) is 8.78 Å². The van der Waals surface area contributed by atoms with E-state index in [1.165, 1.54) is 26.4 Å². The minimum atomic E-state index is -0.584. The Morgan fingerprint density at radius 3 is 1.55 bits per heavy atom. The number of alkyl halides is 1. The van der Waals surface area contributed by atoms with Crippen molar-refractivity contribution >= 4 is 15.9 Å². The second kappa shape index (κ2) is 6.22. The number of hydrogen-bond acceptors (Lipinski definition) is 2. The molecule has 0 N–H and O–H groups in total. The van der Waals surface area contributed by atoms with Crippen LogP contribution in [-0.4, -0.2) is 14.2 Å². The minimum absolute atomic E-state index is 0.342. The molecule has 2 rings (SSSR count). The summed E-state index contributed by atoms with van der Waals surface area (Å²) in [4.78, 5) is -0.584. The van der Waals surface area contributed by atoms with E-state index in [0.29, 0.717) is 22.6 Å². The maximum absolute atomic E-state index is 14.0. The first kappa shape index (κ1) is 14.8. The van der Waals surface area contributed by atoms with Crippen LogP contribution in [0, 0.1) is 11.6 Å². The third-order valence-electron chi connectivity index (χ3n) is 2.96. The van der Waals surface area contributed by atoms with E-state index < -0.39 is 16.5 Å². The van der Waals surface area contributed by atoms with Crippen LogP contribution in [0.1, 0.15) is 16.0 Å². The van der Waals surface area contributed by atoms with Crippen LogP contribution in [0.2, 0.25) is 0 Å². The molecule has 5 heteroatoms. The van der Waals surface area contributed by atoms with Gasteiger partial charge in [-0.3, -0.25) is 0 Å². The molecule has 0 unspecified atom stereocenters. The molecular weight excluding hydrogens is 330 g/mol. The van der Waals surface area contributed by atoms with Crippen molar-refractivity contribution in [3.05, 3.63) is 59.2 Å². The van der Waals surface area contributed by atoms with Crippen LogP contribution in [0.25, 0.3) is 0 Å². The Morgan fingerprint density at radius 1 is 0.850 bits per heavy atom. The van der Waals surface area contributed by atoms with Crippen molar-refractivity contribution in [1.29, 1.82) is 0 Å². The van der Waals surface area contributed by atoms with Gasteiger partial charge in [0.25, 0.3) is 0 Å². The summed E-state index contributed by atoms with van der Waals surface area (Å²) in [5, 5.41) is 0. The minimum Gasteiger partial charge on any atom is -0.497 e. The quantitative estimate of drug-likeness (QED) is 0.763. The van der Waals surface area contributed by atoms with Gasteiger partial charge in [-0.15, -0.1) is 0 Å². The predicted octanol–water partition coefficient (Wildman–Crippen LogP) is 4.47. The van der Waals surface area contributed by atoms with Gasteiger partial charge in [0.15, 0.2) is 0 Å². The summed E-state index contributed by atoms with van der Waals surface area (Å²) in [6.45, 7) is 0. The van der Waals surface area contributed by atoms with Crippen molar-refractivity contribution in [2.45, 2.75) is 4.83 Å². The highest BCUT2D eigenvalue weighted by Gasteiger charge is 2.19. The number of rotatable bonds is 4. The molecule has 0 saturated carbocycles. The van der Waals surface area contributed by atoms with E-state index in [9.17, 15) is 8.78 Å². The molecule has 20 heavy (non-hydrogen) atoms. The first-order chi connectivity index (χ1) is 9.56. The molecule has 0 spiro atoms. The van der Waals surface area contributed by atoms with Crippen molar-refractivity contribution in [2.24, 2.45) is 0 Å². The zero-order chi connectivity index (χ0) is 14.7. The Labute approximate surface area is 124 Å². The zero-order valence-electron chi connectivity index (χ0n) is 11.0. The van der Waals surface area contributed by atoms with Crippen LogP contribution in [0.3, 0.4) is 0 Å². The van der Waals surface area contributed by atoms with Crippen molar-refractivity contribution in [2.75, 3.05) is 14.2 Å². The summed E-state index contributed by atoms with van der Waals surface area (Å²) in [5.41, 5.74) is 0.685. The van der Waals surface area contributed by atoms with Gasteiger partial charge in [0.05, 0.1) is 19.0 Å². The Morgan fingerprint density at radius 2 is 1.25 bits per heavy atom. The van der Waals surface area contributed by atoms with Crippen molar-refractivity contribution in [3.8, 4) is 11.5 Å². The maximum atomic E-state index is 14.0. The summed E-state index contributed by atoms with van der Waals surface area (Å²) in [5.74, 6) is -0.0785. The summed E-state index contributed by atoms with van der Waals surface area (Å²) < 4.78 is 37.9. The fraction of sp³-hybridized carbons (Fsp3) is 0.200. The molecule has 2 aromatic carbocycles. The lowest BCUT2D eigenvalue weighted by Crippen LogP contribution is -2.00. The summed E-state index contributed by atoms with van der Waals surface area (Å²) in [6, 6.07) is 8.94. The molecule has 0 fully saturated rings. The van der Waals surface area contributed by atoms with Gasteiger partial charge in [0.1, 0.15) is 23.1 Å². The summed E-state index contributed by atoms with van der Waals surface area (Å²) in [7, 11) is 2.92. The van der Waals surface area contributed by atoms with Crippen molar-refractivity contribution in [1.82, 2.24) is 0 Å². The Kier molecular flexibility index (Phi) is 4.60. The second-order valence-electron chi connectivity index (χ2n) is 4.14. The number of halogens is 3. The third kappa shape index (κ3) is 2.93. The fourth-order valence-electron chi connectivity index (χ4n) is 1.85. The lowest BCUT2D eigenvalue weighted by Gasteiger charge is -2.14. The maximum Gasteiger partial charge on any atom is 0.131 e. The Hall–Kier alpha value is -1.62. The average molecular weight is 343 g/mol. The van der Waals surface area contributed by atoms with Gasteiger partial charge < -0.3 is 9.47 Å². The van der Waals surface area contributed by atoms with Crippen LogP contribution >= 0.6 is 15.9 Å². The zero-order valence-corrected chi connectivity index (χ0v) is 12.6. The summed E-state index contributed by atoms with van der Waals surface area (Å²) in [6.07, 6.45) is 0. The molecule has 0 aliphatic heterocycles. The molecule has 2 nitrogen and oxygen atoms in total. The van der Waals surface area contributed by atoms with Crippen LogP contribution < -0.4 is 9.47 Å². The second-order valence-corrected chi connectivity index (χ2v) is 5.05. The molecule has 0 aromatic heterocycles. The van der Waals surface area contributed by atoms with Gasteiger partial charge in [-0.25, -0.2) is 8.78 Å². The van der Waals surface area contributed by atoms with Crippen molar-refractivity contribution in [3.63, 3.8) is 0 Å². The normalized spacial score (nSPS) is 10.7. The van der Waals surface area contributed by atoms with Crippen LogP contribution in [0.15, 0.2) is 36.4 Å². The molecule has 2 aromatic rings. The van der Waals surface area contributed by atoms with E-state index in [0.717, 1.165) is 0 Å². The molecule has 0 saturated heterocycles. The van der Waals surface area contributed by atoms with Gasteiger partial charge in [-0.05, 0) is 12.1 Å². The average Bonchev–Trinajstić information content (AvgIpc) is 2.46. The van der Waals surface area contributed by atoms with Crippen LogP contribution in [0.5, 0.6) is 11.5 Å². The Bertz CT molecular complexity index is 563. The molecule has 0 radical (unpaired) electrons. The van der Waals surface area contributed by atoms with Gasteiger partial charge in [0, 0.05) is 23.3 Å². The van der Waals surface area contributed by atoms with E-state index in [1.54, 1.807) is 24.3 Å². The SMILES string of the molecule is COc1ccc(C(Br)c2ccc(OC)cc2F)c(F)c1. The predicted molar refractivity (Wildman–Crippen MR) is 76.7 cm³/mol. The Balaban J connectivity index is 2.38. The van der Waals surface area contributed by atoms with Gasteiger partial charge in [0.2, 0.25) is 0 Å². The summed E-state index contributed by atoms with van der Waals surface area (Å²) >= 11 is 3.33. The highest BCUT2D eigenvalue weighted by atomic mass is 79.9. The van der Waals surface area contributed by atoms with E-state index in [-0.39, 0.29) is 0 Å². The van der Waals surface area contributed by atoms with Gasteiger partial charge in [-0.2, -0.15) is 0 Å². The molecule has 106 valence electrons. The highest BCUT2D eigenvalue weighted by Crippen LogP contribution is 2.36. The van der Waals surface area contributed by atoms with E-state index in [2.05, 4.69) is 15.9 Å². The number of hydrogen-bond donors (Lipinski definition) is 0. The standard InChI is InChI=1S/C15H13BrF2O2/c1-19-9-3-5-11(13(17)7-9)15(16)12-6-4-10(20-2)8-14(12)18/h3-8,15H,1-2H3. The molecule has 0 bridgehead atoms. The van der Waals surface area contributed by atoms with Gasteiger partial charge in [-0.1, -0.05) is 28.1 Å². The number of benzene rings is 2. The molecule has 0 aliphatic rings. The topological polar surface area (TPSA) is 18.5 Å². The molecule has 0 heterocycles. The molecule has 0 aliphatic carbocycles. The molecule has 0 atom stereocenters. The van der Waals surface area contributed by atoms with E-state index in [4.69, 9.17) is 9.47 Å². The lowest BCUT2D eigenvalue weighted by molar-refractivity contribution is 0.410. The monoisotopic (exact) mass is 342 g/mol. The first-order valence-electron chi connectivity index (χ1n) is 5.87. The molecular formula is C15H13BrF2O2. The molecule has 0 amide bonds. The first-order valence-corrected chi connectivity index (χ1v) is 6.79. The van der Waals surface area contributed by atoms with Crippen molar-refractivity contribution < 1.29 is 18.3 Å².